The molecule has 6 nitrogen and oxygen atoms in total. The van der Waals surface area contributed by atoms with Crippen LogP contribution in [0, 0.1) is 6.92 Å². The van der Waals surface area contributed by atoms with Gasteiger partial charge in [-0.25, -0.2) is 4.98 Å². The number of carbonyl (C=O) groups is 2. The molecular weight excluding hydrogens is 388 g/mol. The van der Waals surface area contributed by atoms with Crippen molar-refractivity contribution in [2.45, 2.75) is 26.4 Å². The molecule has 0 aliphatic rings. The quantitative estimate of drug-likeness (QED) is 0.590. The van der Waals surface area contributed by atoms with Gasteiger partial charge in [-0.1, -0.05) is 17.7 Å². The van der Waals surface area contributed by atoms with Gasteiger partial charge in [0.2, 0.25) is 0 Å². The van der Waals surface area contributed by atoms with E-state index in [1.165, 1.54) is 11.3 Å². The standard InChI is InChI=1S/C22H22N2O4S/c1-14-4-8-17(9-5-14)23-21(26)15(2)28-20(25)12-18-13-29-22(24-18)16-6-10-19(27-3)11-7-16/h4-11,13,15H,12H2,1-3H3,(H,23,26)/t15-/m0/s1. The summed E-state index contributed by atoms with van der Waals surface area (Å²) in [7, 11) is 1.62. The summed E-state index contributed by atoms with van der Waals surface area (Å²) >= 11 is 1.45. The number of aromatic nitrogens is 1. The van der Waals surface area contributed by atoms with Crippen LogP contribution in [0.15, 0.2) is 53.9 Å². The van der Waals surface area contributed by atoms with Crippen LogP contribution in [-0.4, -0.2) is 30.1 Å². The predicted molar refractivity (Wildman–Crippen MR) is 113 cm³/mol. The first-order valence-corrected chi connectivity index (χ1v) is 9.98. The molecule has 0 bridgehead atoms. The molecule has 0 aliphatic heterocycles. The summed E-state index contributed by atoms with van der Waals surface area (Å²) < 4.78 is 10.4. The molecule has 1 atom stereocenters. The molecule has 1 heterocycles. The summed E-state index contributed by atoms with van der Waals surface area (Å²) in [5.74, 6) is -0.102. The number of hydrogen-bond donors (Lipinski definition) is 1. The molecule has 3 aromatic rings. The van der Waals surface area contributed by atoms with E-state index >= 15 is 0 Å². The van der Waals surface area contributed by atoms with Crippen molar-refractivity contribution in [1.29, 1.82) is 0 Å². The Hall–Kier alpha value is -3.19. The minimum atomic E-state index is -0.900. The highest BCUT2D eigenvalue weighted by Crippen LogP contribution is 2.26. The highest BCUT2D eigenvalue weighted by molar-refractivity contribution is 7.13. The van der Waals surface area contributed by atoms with E-state index in [1.807, 2.05) is 48.7 Å². The number of thiazole rings is 1. The molecule has 1 amide bonds. The summed E-state index contributed by atoms with van der Waals surface area (Å²) in [4.78, 5) is 28.9. The van der Waals surface area contributed by atoms with Crippen LogP contribution in [0.2, 0.25) is 0 Å². The third-order valence-electron chi connectivity index (χ3n) is 4.21. The van der Waals surface area contributed by atoms with Crippen LogP contribution >= 0.6 is 11.3 Å². The lowest BCUT2D eigenvalue weighted by atomic mass is 10.2. The van der Waals surface area contributed by atoms with Crippen LogP contribution in [0.3, 0.4) is 0 Å². The second-order valence-corrected chi connectivity index (χ2v) is 7.39. The molecule has 0 saturated carbocycles. The van der Waals surface area contributed by atoms with Gasteiger partial charge in [-0.05, 0) is 50.2 Å². The Bertz CT molecular complexity index is 981. The van der Waals surface area contributed by atoms with Crippen molar-refractivity contribution in [2.24, 2.45) is 0 Å². The molecule has 0 radical (unpaired) electrons. The fourth-order valence-electron chi connectivity index (χ4n) is 2.58. The Morgan fingerprint density at radius 3 is 2.45 bits per heavy atom. The number of anilines is 1. The first kappa shape index (κ1) is 20.5. The van der Waals surface area contributed by atoms with Gasteiger partial charge in [0, 0.05) is 16.6 Å². The molecule has 0 spiro atoms. The summed E-state index contributed by atoms with van der Waals surface area (Å²) in [6.07, 6.45) is -0.891. The third-order valence-corrected chi connectivity index (χ3v) is 5.15. The Morgan fingerprint density at radius 1 is 1.10 bits per heavy atom. The van der Waals surface area contributed by atoms with E-state index in [2.05, 4.69) is 10.3 Å². The monoisotopic (exact) mass is 410 g/mol. The molecule has 0 aliphatic carbocycles. The molecule has 1 N–H and O–H groups in total. The van der Waals surface area contributed by atoms with Crippen molar-refractivity contribution in [3.63, 3.8) is 0 Å². The largest absolute Gasteiger partial charge is 0.497 e. The van der Waals surface area contributed by atoms with Crippen molar-refractivity contribution in [2.75, 3.05) is 12.4 Å². The van der Waals surface area contributed by atoms with E-state index in [1.54, 1.807) is 26.2 Å². The van der Waals surface area contributed by atoms with Crippen LogP contribution in [0.4, 0.5) is 5.69 Å². The zero-order chi connectivity index (χ0) is 20.8. The van der Waals surface area contributed by atoms with E-state index in [0.717, 1.165) is 21.9 Å². The number of benzene rings is 2. The summed E-state index contributed by atoms with van der Waals surface area (Å²) in [6.45, 7) is 3.51. The first-order valence-electron chi connectivity index (χ1n) is 9.10. The second-order valence-electron chi connectivity index (χ2n) is 6.54. The molecule has 2 aromatic carbocycles. The highest BCUT2D eigenvalue weighted by Gasteiger charge is 2.19. The average molecular weight is 410 g/mol. The summed E-state index contributed by atoms with van der Waals surface area (Å²) in [6, 6.07) is 15.0. The predicted octanol–water partition coefficient (Wildman–Crippen LogP) is 4.24. The van der Waals surface area contributed by atoms with Crippen LogP contribution in [-0.2, 0) is 20.7 Å². The Labute approximate surface area is 173 Å². The van der Waals surface area contributed by atoms with Crippen LogP contribution in [0.5, 0.6) is 5.75 Å². The summed E-state index contributed by atoms with van der Waals surface area (Å²) in [5, 5.41) is 5.36. The van der Waals surface area contributed by atoms with Gasteiger partial charge in [0.25, 0.3) is 5.91 Å². The number of esters is 1. The zero-order valence-electron chi connectivity index (χ0n) is 16.5. The van der Waals surface area contributed by atoms with E-state index in [0.29, 0.717) is 11.4 Å². The lowest BCUT2D eigenvalue weighted by molar-refractivity contribution is -0.152. The Kier molecular flexibility index (Phi) is 6.61. The van der Waals surface area contributed by atoms with Crippen LogP contribution in [0.25, 0.3) is 10.6 Å². The van der Waals surface area contributed by atoms with E-state index in [4.69, 9.17) is 9.47 Å². The van der Waals surface area contributed by atoms with Gasteiger partial charge in [-0.15, -0.1) is 11.3 Å². The zero-order valence-corrected chi connectivity index (χ0v) is 17.3. The molecule has 7 heteroatoms. The van der Waals surface area contributed by atoms with Crippen molar-refractivity contribution in [3.05, 3.63) is 65.2 Å². The maximum absolute atomic E-state index is 12.2. The fourth-order valence-corrected chi connectivity index (χ4v) is 3.40. The number of nitrogens with one attached hydrogen (secondary N) is 1. The van der Waals surface area contributed by atoms with Gasteiger partial charge in [0.15, 0.2) is 6.10 Å². The molecule has 150 valence electrons. The van der Waals surface area contributed by atoms with Crippen molar-refractivity contribution in [3.8, 4) is 16.3 Å². The van der Waals surface area contributed by atoms with Gasteiger partial charge in [0.1, 0.15) is 10.8 Å². The van der Waals surface area contributed by atoms with Crippen LogP contribution in [0.1, 0.15) is 18.2 Å². The van der Waals surface area contributed by atoms with Gasteiger partial charge in [-0.3, -0.25) is 9.59 Å². The van der Waals surface area contributed by atoms with Gasteiger partial charge in [0.05, 0.1) is 19.2 Å². The van der Waals surface area contributed by atoms with E-state index in [9.17, 15) is 9.59 Å². The molecule has 0 fully saturated rings. The number of rotatable bonds is 7. The normalized spacial score (nSPS) is 11.6. The highest BCUT2D eigenvalue weighted by atomic mass is 32.1. The van der Waals surface area contributed by atoms with Crippen molar-refractivity contribution < 1.29 is 19.1 Å². The number of hydrogen-bond acceptors (Lipinski definition) is 6. The Balaban J connectivity index is 1.54. The Morgan fingerprint density at radius 2 is 1.79 bits per heavy atom. The topological polar surface area (TPSA) is 77.5 Å². The maximum atomic E-state index is 12.2. The van der Waals surface area contributed by atoms with Gasteiger partial charge < -0.3 is 14.8 Å². The first-order chi connectivity index (χ1) is 13.9. The number of nitrogens with zero attached hydrogens (tertiary/aromatic N) is 1. The number of amides is 1. The number of carbonyl (C=O) groups excluding carboxylic acids is 2. The summed E-state index contributed by atoms with van der Waals surface area (Å²) in [5.41, 5.74) is 3.31. The van der Waals surface area contributed by atoms with E-state index < -0.39 is 12.1 Å². The molecule has 29 heavy (non-hydrogen) atoms. The van der Waals surface area contributed by atoms with Crippen molar-refractivity contribution in [1.82, 2.24) is 4.98 Å². The minimum Gasteiger partial charge on any atom is -0.497 e. The molecule has 3 rings (SSSR count). The number of ether oxygens (including phenoxy) is 2. The minimum absolute atomic E-state index is 0.00874. The third kappa shape index (κ3) is 5.65. The fraction of sp³-hybridized carbons (Fsp3) is 0.227. The maximum Gasteiger partial charge on any atom is 0.312 e. The molecule has 1 aromatic heterocycles. The lowest BCUT2D eigenvalue weighted by Gasteiger charge is -2.13. The lowest BCUT2D eigenvalue weighted by Crippen LogP contribution is -2.30. The van der Waals surface area contributed by atoms with E-state index in [-0.39, 0.29) is 12.3 Å². The van der Waals surface area contributed by atoms with Crippen LogP contribution < -0.4 is 10.1 Å². The second kappa shape index (κ2) is 9.34. The average Bonchev–Trinajstić information content (AvgIpc) is 3.18. The van der Waals surface area contributed by atoms with Gasteiger partial charge >= 0.3 is 5.97 Å². The SMILES string of the molecule is COc1ccc(-c2nc(CC(=O)O[C@@H](C)C(=O)Nc3ccc(C)cc3)cs2)cc1. The van der Waals surface area contributed by atoms with Crippen molar-refractivity contribution >= 4 is 28.9 Å². The van der Waals surface area contributed by atoms with Gasteiger partial charge in [-0.2, -0.15) is 0 Å². The molecular formula is C22H22N2O4S. The number of aryl methyl sites for hydroxylation is 1. The molecule has 0 unspecified atom stereocenters. The smallest absolute Gasteiger partial charge is 0.312 e. The molecule has 0 saturated heterocycles. The number of methoxy groups -OCH3 is 1.